The van der Waals surface area contributed by atoms with Gasteiger partial charge in [0.05, 0.1) is 41.7 Å². The summed E-state index contributed by atoms with van der Waals surface area (Å²) in [4.78, 5) is 9.00. The van der Waals surface area contributed by atoms with Crippen LogP contribution in [0.5, 0.6) is 5.75 Å². The van der Waals surface area contributed by atoms with Crippen molar-refractivity contribution in [1.82, 2.24) is 14.8 Å². The summed E-state index contributed by atoms with van der Waals surface area (Å²) in [6.45, 7) is 3.84. The van der Waals surface area contributed by atoms with Gasteiger partial charge in [0.25, 0.3) is 0 Å². The minimum Gasteiger partial charge on any atom is -0.487 e. The summed E-state index contributed by atoms with van der Waals surface area (Å²) in [5, 5.41) is 14.4. The maximum atomic E-state index is 14.1. The van der Waals surface area contributed by atoms with Gasteiger partial charge in [0.2, 0.25) is 0 Å². The zero-order chi connectivity index (χ0) is 24.2. The molecule has 0 aliphatic rings. The van der Waals surface area contributed by atoms with Gasteiger partial charge in [-0.25, -0.2) is 18.4 Å². The van der Waals surface area contributed by atoms with Crippen LogP contribution in [0.4, 0.5) is 8.78 Å². The Bertz CT molecular complexity index is 1370. The van der Waals surface area contributed by atoms with Crippen LogP contribution in [0.15, 0.2) is 53.8 Å². The number of hydrogen-bond donors (Lipinski definition) is 1. The van der Waals surface area contributed by atoms with Gasteiger partial charge in [0.15, 0.2) is 5.82 Å². The van der Waals surface area contributed by atoms with Crippen molar-refractivity contribution in [3.63, 3.8) is 0 Å². The van der Waals surface area contributed by atoms with Crippen LogP contribution in [0.2, 0.25) is 5.02 Å². The lowest BCUT2D eigenvalue weighted by Gasteiger charge is -2.15. The minimum absolute atomic E-state index is 0.0628. The SMILES string of the molecule is CPC(CO)=NCc1cc(F)cc(Cl)c1COc1cccc2c(-n3cc(F)cn3)cc(C)nc12. The number of rotatable bonds is 8. The highest BCUT2D eigenvalue weighted by atomic mass is 35.5. The fourth-order valence-corrected chi connectivity index (χ4v) is 4.24. The molecule has 2 aromatic heterocycles. The molecule has 1 unspecified atom stereocenters. The number of aliphatic imine (C=N–C) groups is 1. The van der Waals surface area contributed by atoms with Crippen molar-refractivity contribution in [2.75, 3.05) is 13.3 Å². The molecule has 0 aliphatic heterocycles. The topological polar surface area (TPSA) is 72.5 Å². The molecule has 4 aromatic rings. The molecule has 0 amide bonds. The Kier molecular flexibility index (Phi) is 7.51. The molecular formula is C24H22ClF2N4O2P. The Morgan fingerprint density at radius 3 is 2.76 bits per heavy atom. The van der Waals surface area contributed by atoms with E-state index in [9.17, 15) is 13.9 Å². The lowest BCUT2D eigenvalue weighted by atomic mass is 10.1. The van der Waals surface area contributed by atoms with Crippen LogP contribution in [0.1, 0.15) is 16.8 Å². The lowest BCUT2D eigenvalue weighted by Crippen LogP contribution is -2.05. The van der Waals surface area contributed by atoms with Crippen molar-refractivity contribution in [3.05, 3.63) is 82.3 Å². The average Bonchev–Trinajstić information content (AvgIpc) is 3.24. The third kappa shape index (κ3) is 5.25. The molecule has 34 heavy (non-hydrogen) atoms. The van der Waals surface area contributed by atoms with E-state index in [0.29, 0.717) is 47.8 Å². The fraction of sp³-hybridized carbons (Fsp3) is 0.208. The van der Waals surface area contributed by atoms with E-state index in [2.05, 4.69) is 15.1 Å². The average molecular weight is 503 g/mol. The zero-order valence-corrected chi connectivity index (χ0v) is 20.3. The Hall–Kier alpha value is -2.93. The first-order valence-electron chi connectivity index (χ1n) is 10.4. The normalized spacial score (nSPS) is 12.2. The molecule has 0 radical (unpaired) electrons. The first-order chi connectivity index (χ1) is 16.4. The lowest BCUT2D eigenvalue weighted by molar-refractivity contribution is 0.308. The van der Waals surface area contributed by atoms with Crippen molar-refractivity contribution >= 4 is 36.5 Å². The summed E-state index contributed by atoms with van der Waals surface area (Å²) in [5.41, 5.74) is 3.78. The molecule has 1 atom stereocenters. The predicted octanol–water partition coefficient (Wildman–Crippen LogP) is 5.44. The highest BCUT2D eigenvalue weighted by Crippen LogP contribution is 2.31. The smallest absolute Gasteiger partial charge is 0.161 e. The first kappa shape index (κ1) is 24.2. The van der Waals surface area contributed by atoms with Crippen molar-refractivity contribution in [2.24, 2.45) is 4.99 Å². The number of aliphatic hydroxyl groups excluding tert-OH is 1. The number of pyridine rings is 1. The number of para-hydroxylation sites is 1. The van der Waals surface area contributed by atoms with E-state index in [1.54, 1.807) is 6.07 Å². The monoisotopic (exact) mass is 502 g/mol. The van der Waals surface area contributed by atoms with Crippen LogP contribution in [-0.4, -0.2) is 38.6 Å². The number of nitrogens with zero attached hydrogens (tertiary/aromatic N) is 4. The van der Waals surface area contributed by atoms with E-state index < -0.39 is 11.6 Å². The molecule has 0 spiro atoms. The quantitative estimate of drug-likeness (QED) is 0.257. The summed E-state index contributed by atoms with van der Waals surface area (Å²) in [6.07, 6.45) is 2.44. The third-order valence-electron chi connectivity index (χ3n) is 5.21. The second kappa shape index (κ2) is 10.6. The summed E-state index contributed by atoms with van der Waals surface area (Å²) >= 11 is 6.36. The van der Waals surface area contributed by atoms with Crippen molar-refractivity contribution in [2.45, 2.75) is 20.1 Å². The van der Waals surface area contributed by atoms with Crippen LogP contribution in [0, 0.1) is 18.6 Å². The van der Waals surface area contributed by atoms with Crippen LogP contribution >= 0.6 is 20.2 Å². The van der Waals surface area contributed by atoms with Crippen LogP contribution in [0.25, 0.3) is 16.6 Å². The molecular weight excluding hydrogens is 481 g/mol. The van der Waals surface area contributed by atoms with E-state index in [-0.39, 0.29) is 24.8 Å². The molecule has 2 heterocycles. The van der Waals surface area contributed by atoms with Crippen LogP contribution < -0.4 is 4.74 Å². The van der Waals surface area contributed by atoms with E-state index in [1.807, 2.05) is 31.8 Å². The second-order valence-corrected chi connectivity index (χ2v) is 9.01. The van der Waals surface area contributed by atoms with Gasteiger partial charge in [-0.3, -0.25) is 4.99 Å². The molecule has 6 nitrogen and oxygen atoms in total. The highest BCUT2D eigenvalue weighted by molar-refractivity contribution is 7.57. The molecule has 0 saturated carbocycles. The van der Waals surface area contributed by atoms with Crippen molar-refractivity contribution in [1.29, 1.82) is 0 Å². The molecule has 0 bridgehead atoms. The number of fused-ring (bicyclic) bond motifs is 1. The van der Waals surface area contributed by atoms with Gasteiger partial charge < -0.3 is 9.84 Å². The van der Waals surface area contributed by atoms with Gasteiger partial charge in [0, 0.05) is 16.6 Å². The van der Waals surface area contributed by atoms with Gasteiger partial charge in [-0.05, 0) is 43.4 Å². The molecule has 176 valence electrons. The van der Waals surface area contributed by atoms with E-state index in [0.717, 1.165) is 11.6 Å². The largest absolute Gasteiger partial charge is 0.487 e. The third-order valence-corrected chi connectivity index (χ3v) is 6.44. The number of benzene rings is 2. The summed E-state index contributed by atoms with van der Waals surface area (Å²) in [7, 11) is 0.349. The second-order valence-electron chi connectivity index (χ2n) is 7.52. The van der Waals surface area contributed by atoms with Gasteiger partial charge >= 0.3 is 0 Å². The molecule has 0 aliphatic carbocycles. The molecule has 10 heteroatoms. The summed E-state index contributed by atoms with van der Waals surface area (Å²) in [6, 6.07) is 9.87. The fourth-order valence-electron chi connectivity index (χ4n) is 3.57. The summed E-state index contributed by atoms with van der Waals surface area (Å²) in [5.74, 6) is -0.415. The standard InChI is InChI=1S/C24H22ClF2N4O2P/c1-14-6-21(31-11-17(27)10-29-31)18-4-3-5-22(24(18)30-14)33-13-19-15(7-16(26)8-20(19)25)9-28-23(12-32)34-2/h3-8,10-11,32,34H,9,12-13H2,1-2H3. The van der Waals surface area contributed by atoms with Gasteiger partial charge in [-0.1, -0.05) is 32.3 Å². The van der Waals surface area contributed by atoms with Gasteiger partial charge in [-0.2, -0.15) is 5.10 Å². The Balaban J connectivity index is 1.70. The number of aromatic nitrogens is 3. The van der Waals surface area contributed by atoms with E-state index in [4.69, 9.17) is 16.3 Å². The Morgan fingerprint density at radius 2 is 2.06 bits per heavy atom. The maximum absolute atomic E-state index is 14.1. The number of ether oxygens (including phenoxy) is 1. The first-order valence-corrected chi connectivity index (χ1v) is 12.3. The van der Waals surface area contributed by atoms with E-state index in [1.165, 1.54) is 23.0 Å². The van der Waals surface area contributed by atoms with Crippen LogP contribution in [-0.2, 0) is 13.2 Å². The number of aliphatic hydroxyl groups is 1. The number of hydrogen-bond acceptors (Lipinski definition) is 5. The minimum atomic E-state index is -0.470. The Labute approximate surface area is 202 Å². The van der Waals surface area contributed by atoms with Gasteiger partial charge in [0.1, 0.15) is 23.7 Å². The maximum Gasteiger partial charge on any atom is 0.161 e. The van der Waals surface area contributed by atoms with Gasteiger partial charge in [-0.15, -0.1) is 0 Å². The van der Waals surface area contributed by atoms with Crippen LogP contribution in [0.3, 0.4) is 0 Å². The number of aryl methyl sites for hydroxylation is 1. The predicted molar refractivity (Wildman–Crippen MR) is 132 cm³/mol. The van der Waals surface area contributed by atoms with Crippen molar-refractivity contribution in [3.8, 4) is 11.4 Å². The number of halogens is 3. The molecule has 0 fully saturated rings. The molecule has 4 rings (SSSR count). The summed E-state index contributed by atoms with van der Waals surface area (Å²) < 4.78 is 35.2. The zero-order valence-electron chi connectivity index (χ0n) is 18.5. The molecule has 2 aromatic carbocycles. The molecule has 0 saturated heterocycles. The van der Waals surface area contributed by atoms with E-state index >= 15 is 0 Å². The molecule has 1 N–H and O–H groups in total. The highest BCUT2D eigenvalue weighted by Gasteiger charge is 2.15. The Morgan fingerprint density at radius 1 is 1.24 bits per heavy atom. The van der Waals surface area contributed by atoms with Crippen molar-refractivity contribution < 1.29 is 18.6 Å².